The molecule has 0 fully saturated rings. The third kappa shape index (κ3) is 6.66. The van der Waals surface area contributed by atoms with Crippen molar-refractivity contribution in [2.24, 2.45) is 5.10 Å². The van der Waals surface area contributed by atoms with Crippen LogP contribution in [0.4, 0.5) is 11.4 Å². The predicted octanol–water partition coefficient (Wildman–Crippen LogP) is 3.49. The topological polar surface area (TPSA) is 66.0 Å². The Morgan fingerprint density at radius 3 is 2.30 bits per heavy atom. The predicted molar refractivity (Wildman–Crippen MR) is 112 cm³/mol. The van der Waals surface area contributed by atoms with Crippen molar-refractivity contribution in [3.05, 3.63) is 54.1 Å². The van der Waals surface area contributed by atoms with Crippen LogP contribution in [0.15, 0.2) is 53.6 Å². The van der Waals surface area contributed by atoms with Crippen LogP contribution in [0.5, 0.6) is 5.75 Å². The number of carbonyl (C=O) groups is 1. The number of hydrogen-bond acceptors (Lipinski definition) is 5. The highest BCUT2D eigenvalue weighted by Gasteiger charge is 2.02. The number of ether oxygens (including phenoxy) is 1. The average molecular weight is 368 g/mol. The summed E-state index contributed by atoms with van der Waals surface area (Å²) in [7, 11) is 0. The number of nitrogens with zero attached hydrogens (tertiary/aromatic N) is 2. The fourth-order valence-electron chi connectivity index (χ4n) is 2.60. The van der Waals surface area contributed by atoms with Crippen molar-refractivity contribution in [2.75, 3.05) is 36.5 Å². The molecule has 6 nitrogen and oxygen atoms in total. The van der Waals surface area contributed by atoms with E-state index in [0.29, 0.717) is 6.61 Å². The first-order valence-corrected chi connectivity index (χ1v) is 9.29. The van der Waals surface area contributed by atoms with E-state index in [-0.39, 0.29) is 12.5 Å². The SMILES string of the molecule is CCOc1ccc(NCC(=O)N/N=C/c2ccc(N(CC)CC)cc2)cc1. The van der Waals surface area contributed by atoms with Crippen molar-refractivity contribution in [1.29, 1.82) is 0 Å². The van der Waals surface area contributed by atoms with Crippen LogP contribution in [0.1, 0.15) is 26.3 Å². The molecule has 27 heavy (non-hydrogen) atoms. The van der Waals surface area contributed by atoms with Gasteiger partial charge in [0.2, 0.25) is 0 Å². The molecular weight excluding hydrogens is 340 g/mol. The Balaban J connectivity index is 1.77. The molecule has 0 heterocycles. The maximum Gasteiger partial charge on any atom is 0.259 e. The molecule has 0 saturated heterocycles. The largest absolute Gasteiger partial charge is 0.494 e. The molecule has 2 aromatic carbocycles. The molecule has 0 radical (unpaired) electrons. The van der Waals surface area contributed by atoms with Crippen molar-refractivity contribution in [2.45, 2.75) is 20.8 Å². The van der Waals surface area contributed by atoms with Gasteiger partial charge in [0, 0.05) is 24.5 Å². The minimum absolute atomic E-state index is 0.145. The molecule has 2 rings (SSSR count). The first kappa shape index (κ1) is 20.3. The van der Waals surface area contributed by atoms with Crippen molar-refractivity contribution in [1.82, 2.24) is 5.43 Å². The summed E-state index contributed by atoms with van der Waals surface area (Å²) in [5.74, 6) is 0.601. The summed E-state index contributed by atoms with van der Waals surface area (Å²) in [6, 6.07) is 15.6. The van der Waals surface area contributed by atoms with Crippen LogP contribution in [0.25, 0.3) is 0 Å². The molecule has 2 aromatic rings. The second-order valence-corrected chi connectivity index (χ2v) is 5.87. The van der Waals surface area contributed by atoms with E-state index in [9.17, 15) is 4.79 Å². The van der Waals surface area contributed by atoms with E-state index in [2.05, 4.69) is 46.7 Å². The Hall–Kier alpha value is -3.02. The van der Waals surface area contributed by atoms with Gasteiger partial charge in [-0.2, -0.15) is 5.10 Å². The molecule has 144 valence electrons. The molecule has 0 aliphatic rings. The molecule has 1 amide bonds. The number of carbonyl (C=O) groups excluding carboxylic acids is 1. The fourth-order valence-corrected chi connectivity index (χ4v) is 2.60. The van der Waals surface area contributed by atoms with E-state index < -0.39 is 0 Å². The van der Waals surface area contributed by atoms with Crippen LogP contribution in [-0.4, -0.2) is 38.4 Å². The molecule has 2 N–H and O–H groups in total. The molecule has 0 aromatic heterocycles. The van der Waals surface area contributed by atoms with Gasteiger partial charge in [0.1, 0.15) is 5.75 Å². The molecular formula is C21H28N4O2. The summed E-state index contributed by atoms with van der Waals surface area (Å²) in [4.78, 5) is 14.2. The van der Waals surface area contributed by atoms with Crippen LogP contribution < -0.4 is 20.4 Å². The summed E-state index contributed by atoms with van der Waals surface area (Å²) in [6.45, 7) is 8.93. The van der Waals surface area contributed by atoms with E-state index in [4.69, 9.17) is 4.74 Å². The zero-order valence-corrected chi connectivity index (χ0v) is 16.2. The summed E-state index contributed by atoms with van der Waals surface area (Å²) in [6.07, 6.45) is 1.64. The first-order valence-electron chi connectivity index (χ1n) is 9.29. The van der Waals surface area contributed by atoms with Gasteiger partial charge in [-0.25, -0.2) is 5.43 Å². The van der Waals surface area contributed by atoms with Gasteiger partial charge < -0.3 is 15.0 Å². The van der Waals surface area contributed by atoms with E-state index in [0.717, 1.165) is 30.1 Å². The smallest absolute Gasteiger partial charge is 0.259 e. The number of hydrogen-bond donors (Lipinski definition) is 2. The van der Waals surface area contributed by atoms with Gasteiger partial charge in [-0.15, -0.1) is 0 Å². The lowest BCUT2D eigenvalue weighted by atomic mass is 10.2. The van der Waals surface area contributed by atoms with Crippen molar-refractivity contribution < 1.29 is 9.53 Å². The summed E-state index contributed by atoms with van der Waals surface area (Å²) < 4.78 is 5.39. The second kappa shape index (κ2) is 10.9. The van der Waals surface area contributed by atoms with Gasteiger partial charge in [-0.05, 0) is 62.7 Å². The Bertz CT molecular complexity index is 723. The third-order valence-electron chi connectivity index (χ3n) is 4.04. The van der Waals surface area contributed by atoms with Crippen molar-refractivity contribution >= 4 is 23.5 Å². The summed E-state index contributed by atoms with van der Waals surface area (Å²) >= 11 is 0. The fraction of sp³-hybridized carbons (Fsp3) is 0.333. The quantitative estimate of drug-likeness (QED) is 0.498. The highest BCUT2D eigenvalue weighted by molar-refractivity contribution is 5.84. The number of amides is 1. The van der Waals surface area contributed by atoms with Gasteiger partial charge in [0.25, 0.3) is 5.91 Å². The molecule has 6 heteroatoms. The van der Waals surface area contributed by atoms with Gasteiger partial charge in [-0.3, -0.25) is 4.79 Å². The molecule has 0 atom stereocenters. The number of hydrazone groups is 1. The van der Waals surface area contributed by atoms with Crippen LogP contribution in [0, 0.1) is 0 Å². The lowest BCUT2D eigenvalue weighted by Crippen LogP contribution is -2.25. The number of benzene rings is 2. The lowest BCUT2D eigenvalue weighted by molar-refractivity contribution is -0.119. The molecule has 0 aliphatic carbocycles. The minimum Gasteiger partial charge on any atom is -0.494 e. The lowest BCUT2D eigenvalue weighted by Gasteiger charge is -2.20. The van der Waals surface area contributed by atoms with E-state index in [1.165, 1.54) is 5.69 Å². The van der Waals surface area contributed by atoms with Crippen LogP contribution >= 0.6 is 0 Å². The standard InChI is InChI=1S/C21H28N4O2/c1-4-25(5-2)19-11-7-17(8-12-19)15-23-24-21(26)16-22-18-9-13-20(14-10-18)27-6-3/h7-15,22H,4-6,16H2,1-3H3,(H,24,26)/b23-15+. The van der Waals surface area contributed by atoms with Gasteiger partial charge >= 0.3 is 0 Å². The molecule has 0 aliphatic heterocycles. The van der Waals surface area contributed by atoms with Crippen molar-refractivity contribution in [3.63, 3.8) is 0 Å². The number of anilines is 2. The van der Waals surface area contributed by atoms with E-state index in [1.807, 2.05) is 43.3 Å². The maximum atomic E-state index is 11.9. The normalized spacial score (nSPS) is 10.6. The van der Waals surface area contributed by atoms with Crippen LogP contribution in [0.2, 0.25) is 0 Å². The second-order valence-electron chi connectivity index (χ2n) is 5.87. The Morgan fingerprint density at radius 1 is 1.04 bits per heavy atom. The first-order chi connectivity index (χ1) is 13.2. The third-order valence-corrected chi connectivity index (χ3v) is 4.04. The van der Waals surface area contributed by atoms with Gasteiger partial charge in [0.05, 0.1) is 19.4 Å². The number of nitrogens with one attached hydrogen (secondary N) is 2. The van der Waals surface area contributed by atoms with E-state index >= 15 is 0 Å². The van der Waals surface area contributed by atoms with Gasteiger partial charge in [-0.1, -0.05) is 12.1 Å². The zero-order chi connectivity index (χ0) is 19.5. The minimum atomic E-state index is -0.208. The molecule has 0 spiro atoms. The highest BCUT2D eigenvalue weighted by atomic mass is 16.5. The van der Waals surface area contributed by atoms with Crippen LogP contribution in [-0.2, 0) is 4.79 Å². The van der Waals surface area contributed by atoms with Crippen LogP contribution in [0.3, 0.4) is 0 Å². The Labute approximate surface area is 161 Å². The highest BCUT2D eigenvalue weighted by Crippen LogP contribution is 2.15. The zero-order valence-electron chi connectivity index (χ0n) is 16.2. The monoisotopic (exact) mass is 368 g/mol. The molecule has 0 bridgehead atoms. The van der Waals surface area contributed by atoms with Gasteiger partial charge in [0.15, 0.2) is 0 Å². The average Bonchev–Trinajstić information content (AvgIpc) is 2.70. The van der Waals surface area contributed by atoms with Crippen molar-refractivity contribution in [3.8, 4) is 5.75 Å². The molecule has 0 saturated carbocycles. The summed E-state index contributed by atoms with van der Waals surface area (Å²) in [5.41, 5.74) is 5.49. The van der Waals surface area contributed by atoms with E-state index in [1.54, 1.807) is 6.21 Å². The maximum absolute atomic E-state index is 11.9. The number of rotatable bonds is 10. The molecule has 0 unspecified atom stereocenters. The Morgan fingerprint density at radius 2 is 1.70 bits per heavy atom. The summed E-state index contributed by atoms with van der Waals surface area (Å²) in [5, 5.41) is 7.06. The Kier molecular flexibility index (Phi) is 8.16.